The summed E-state index contributed by atoms with van der Waals surface area (Å²) in [6, 6.07) is 8.74. The van der Waals surface area contributed by atoms with Gasteiger partial charge in [0.05, 0.1) is 7.11 Å². The van der Waals surface area contributed by atoms with E-state index < -0.39 is 0 Å². The summed E-state index contributed by atoms with van der Waals surface area (Å²) in [4.78, 5) is 14.3. The Hall–Kier alpha value is -1.71. The van der Waals surface area contributed by atoms with Crippen LogP contribution in [0.4, 0.5) is 4.79 Å². The number of benzene rings is 1. The molecule has 1 aromatic rings. The number of rotatable bonds is 4. The maximum absolute atomic E-state index is 12.3. The molecule has 2 amide bonds. The first-order chi connectivity index (χ1) is 10.1. The van der Waals surface area contributed by atoms with Crippen molar-refractivity contribution in [1.29, 1.82) is 0 Å². The number of nitrogens with zero attached hydrogens (tertiary/aromatic N) is 1. The number of hydrogen-bond donors (Lipinski definition) is 1. The number of amides is 2. The van der Waals surface area contributed by atoms with E-state index in [0.29, 0.717) is 18.6 Å². The van der Waals surface area contributed by atoms with Crippen molar-refractivity contribution in [1.82, 2.24) is 10.2 Å². The largest absolute Gasteiger partial charge is 0.497 e. The number of carbonyl (C=O) groups is 1. The molecule has 0 bridgehead atoms. The Labute approximate surface area is 127 Å². The van der Waals surface area contributed by atoms with E-state index >= 15 is 0 Å². The fraction of sp³-hybridized carbons (Fsp3) is 0.588. The first kappa shape index (κ1) is 15.7. The molecule has 0 saturated carbocycles. The van der Waals surface area contributed by atoms with Crippen molar-refractivity contribution in [3.63, 3.8) is 0 Å². The second-order valence-corrected chi connectivity index (χ2v) is 5.87. The molecular weight excluding hydrogens is 264 g/mol. The number of methoxy groups -OCH3 is 1. The zero-order valence-electron chi connectivity index (χ0n) is 13.3. The van der Waals surface area contributed by atoms with Gasteiger partial charge in [0, 0.05) is 18.6 Å². The van der Waals surface area contributed by atoms with Gasteiger partial charge in [-0.2, -0.15) is 0 Å². The molecule has 116 valence electrons. The summed E-state index contributed by atoms with van der Waals surface area (Å²) >= 11 is 0. The second kappa shape index (κ2) is 7.34. The van der Waals surface area contributed by atoms with E-state index in [2.05, 4.69) is 19.2 Å². The summed E-state index contributed by atoms with van der Waals surface area (Å²) in [5.74, 6) is 0.860. The fourth-order valence-electron chi connectivity index (χ4n) is 3.02. The molecule has 0 radical (unpaired) electrons. The van der Waals surface area contributed by atoms with Crippen molar-refractivity contribution in [2.45, 2.75) is 51.6 Å². The molecule has 1 saturated heterocycles. The average Bonchev–Trinajstić information content (AvgIpc) is 2.48. The van der Waals surface area contributed by atoms with Gasteiger partial charge in [0.1, 0.15) is 5.75 Å². The first-order valence-corrected chi connectivity index (χ1v) is 7.81. The Bertz CT molecular complexity index is 448. The van der Waals surface area contributed by atoms with E-state index in [1.165, 1.54) is 12.0 Å². The van der Waals surface area contributed by atoms with Crippen LogP contribution in [-0.2, 0) is 6.42 Å². The maximum Gasteiger partial charge on any atom is 0.317 e. The summed E-state index contributed by atoms with van der Waals surface area (Å²) in [7, 11) is 1.66. The lowest BCUT2D eigenvalue weighted by atomic mass is 9.98. The Morgan fingerprint density at radius 2 is 1.86 bits per heavy atom. The van der Waals surface area contributed by atoms with Gasteiger partial charge in [-0.25, -0.2) is 4.79 Å². The van der Waals surface area contributed by atoms with Gasteiger partial charge in [0.25, 0.3) is 0 Å². The van der Waals surface area contributed by atoms with E-state index in [4.69, 9.17) is 4.74 Å². The van der Waals surface area contributed by atoms with E-state index in [0.717, 1.165) is 25.0 Å². The maximum atomic E-state index is 12.3. The van der Waals surface area contributed by atoms with Crippen LogP contribution in [0.15, 0.2) is 24.3 Å². The highest BCUT2D eigenvalue weighted by Gasteiger charge is 2.28. The van der Waals surface area contributed by atoms with Crippen molar-refractivity contribution >= 4 is 6.03 Å². The summed E-state index contributed by atoms with van der Waals surface area (Å²) < 4.78 is 5.14. The lowest BCUT2D eigenvalue weighted by Crippen LogP contribution is -2.52. The molecule has 1 N–H and O–H groups in total. The highest BCUT2D eigenvalue weighted by Crippen LogP contribution is 2.22. The van der Waals surface area contributed by atoms with Crippen LogP contribution in [-0.4, -0.2) is 36.7 Å². The Balaban J connectivity index is 1.80. The first-order valence-electron chi connectivity index (χ1n) is 7.81. The molecule has 0 spiro atoms. The third-order valence-corrected chi connectivity index (χ3v) is 4.28. The van der Waals surface area contributed by atoms with Crippen molar-refractivity contribution in [3.8, 4) is 5.75 Å². The van der Waals surface area contributed by atoms with Crippen LogP contribution in [0, 0.1) is 0 Å². The zero-order valence-corrected chi connectivity index (χ0v) is 13.3. The van der Waals surface area contributed by atoms with Gasteiger partial charge >= 0.3 is 6.03 Å². The minimum atomic E-state index is 0.0724. The number of likely N-dealkylation sites (tertiary alicyclic amines) is 1. The van der Waals surface area contributed by atoms with E-state index in [9.17, 15) is 4.79 Å². The number of ether oxygens (including phenoxy) is 1. The molecule has 0 aliphatic carbocycles. The molecule has 2 rings (SSSR count). The van der Waals surface area contributed by atoms with Crippen LogP contribution in [0.3, 0.4) is 0 Å². The minimum Gasteiger partial charge on any atom is -0.497 e. The van der Waals surface area contributed by atoms with Crippen LogP contribution in [0.1, 0.15) is 38.7 Å². The van der Waals surface area contributed by atoms with E-state index in [1.54, 1.807) is 7.11 Å². The lowest BCUT2D eigenvalue weighted by Gasteiger charge is -2.38. The Morgan fingerprint density at radius 3 is 2.43 bits per heavy atom. The van der Waals surface area contributed by atoms with Gasteiger partial charge in [0.2, 0.25) is 0 Å². The molecule has 0 aromatic heterocycles. The fourth-order valence-corrected chi connectivity index (χ4v) is 3.02. The molecular formula is C17H26N2O2. The molecule has 1 fully saturated rings. The lowest BCUT2D eigenvalue weighted by molar-refractivity contribution is 0.123. The van der Waals surface area contributed by atoms with Gasteiger partial charge < -0.3 is 15.0 Å². The summed E-state index contributed by atoms with van der Waals surface area (Å²) in [5.41, 5.74) is 1.20. The predicted molar refractivity (Wildman–Crippen MR) is 84.7 cm³/mol. The van der Waals surface area contributed by atoms with Gasteiger partial charge in [-0.05, 0) is 57.2 Å². The van der Waals surface area contributed by atoms with Crippen molar-refractivity contribution in [2.75, 3.05) is 13.7 Å². The quantitative estimate of drug-likeness (QED) is 0.925. The third kappa shape index (κ3) is 4.13. The molecule has 4 nitrogen and oxygen atoms in total. The van der Waals surface area contributed by atoms with Crippen molar-refractivity contribution < 1.29 is 9.53 Å². The molecule has 1 aliphatic rings. The third-order valence-electron chi connectivity index (χ3n) is 4.28. The number of carbonyl (C=O) groups excluding carboxylic acids is 1. The summed E-state index contributed by atoms with van der Waals surface area (Å²) in [6.45, 7) is 4.94. The Kier molecular flexibility index (Phi) is 5.48. The van der Waals surface area contributed by atoms with Gasteiger partial charge in [-0.15, -0.1) is 0 Å². The highest BCUT2D eigenvalue weighted by molar-refractivity contribution is 5.75. The van der Waals surface area contributed by atoms with Crippen LogP contribution >= 0.6 is 0 Å². The average molecular weight is 290 g/mol. The molecule has 1 aromatic carbocycles. The highest BCUT2D eigenvalue weighted by atomic mass is 16.5. The molecule has 1 heterocycles. The number of nitrogens with one attached hydrogen (secondary N) is 1. The topological polar surface area (TPSA) is 41.6 Å². The molecule has 21 heavy (non-hydrogen) atoms. The minimum absolute atomic E-state index is 0.0724. The predicted octanol–water partition coefficient (Wildman–Crippen LogP) is 3.21. The summed E-state index contributed by atoms with van der Waals surface area (Å²) in [5, 5.41) is 3.05. The zero-order chi connectivity index (χ0) is 15.2. The normalized spacial score (nSPS) is 22.0. The van der Waals surface area contributed by atoms with Crippen LogP contribution < -0.4 is 10.1 Å². The smallest absolute Gasteiger partial charge is 0.317 e. The van der Waals surface area contributed by atoms with Gasteiger partial charge in [-0.1, -0.05) is 12.1 Å². The van der Waals surface area contributed by atoms with E-state index in [-0.39, 0.29) is 6.03 Å². The number of urea groups is 1. The standard InChI is InChI=1S/C17H26N2O2/c1-13-5-4-6-14(2)19(13)17(20)18-12-11-15-7-9-16(21-3)10-8-15/h7-10,13-14H,4-6,11-12H2,1-3H3,(H,18,20). The van der Waals surface area contributed by atoms with Crippen LogP contribution in [0.2, 0.25) is 0 Å². The molecule has 2 atom stereocenters. The van der Waals surface area contributed by atoms with E-state index in [1.807, 2.05) is 29.2 Å². The molecule has 2 unspecified atom stereocenters. The monoisotopic (exact) mass is 290 g/mol. The molecule has 4 heteroatoms. The van der Waals surface area contributed by atoms with Crippen molar-refractivity contribution in [2.24, 2.45) is 0 Å². The second-order valence-electron chi connectivity index (χ2n) is 5.87. The SMILES string of the molecule is COc1ccc(CCNC(=O)N2C(C)CCCC2C)cc1. The number of hydrogen-bond acceptors (Lipinski definition) is 2. The molecule has 1 aliphatic heterocycles. The Morgan fingerprint density at radius 1 is 1.24 bits per heavy atom. The summed E-state index contributed by atoms with van der Waals surface area (Å²) in [6.07, 6.45) is 4.27. The van der Waals surface area contributed by atoms with Crippen molar-refractivity contribution in [3.05, 3.63) is 29.8 Å². The number of piperidine rings is 1. The van der Waals surface area contributed by atoms with Crippen LogP contribution in [0.25, 0.3) is 0 Å². The van der Waals surface area contributed by atoms with Crippen LogP contribution in [0.5, 0.6) is 5.75 Å². The van der Waals surface area contributed by atoms with Gasteiger partial charge in [-0.3, -0.25) is 0 Å². The van der Waals surface area contributed by atoms with Gasteiger partial charge in [0.15, 0.2) is 0 Å².